The van der Waals surface area contributed by atoms with E-state index >= 15 is 0 Å². The number of hydrazone groups is 1. The first-order valence-corrected chi connectivity index (χ1v) is 7.79. The summed E-state index contributed by atoms with van der Waals surface area (Å²) in [4.78, 5) is 10.6. The summed E-state index contributed by atoms with van der Waals surface area (Å²) in [6.45, 7) is 2.44. The van der Waals surface area contributed by atoms with Crippen molar-refractivity contribution in [3.63, 3.8) is 0 Å². The van der Waals surface area contributed by atoms with E-state index < -0.39 is 11.8 Å². The molecule has 0 atom stereocenters. The summed E-state index contributed by atoms with van der Waals surface area (Å²) in [5, 5.41) is 3.98. The first kappa shape index (κ1) is 18.5. The summed E-state index contributed by atoms with van der Waals surface area (Å²) >= 11 is 5.99. The van der Waals surface area contributed by atoms with Gasteiger partial charge in [0.05, 0.1) is 17.8 Å². The van der Waals surface area contributed by atoms with Crippen LogP contribution in [0.25, 0.3) is 0 Å². The second-order valence-electron chi connectivity index (χ2n) is 4.90. The molecular formula is C17H17ClFN3O3. The maximum absolute atomic E-state index is 13.1. The number of ether oxygens (including phenoxy) is 2. The van der Waals surface area contributed by atoms with Crippen LogP contribution in [0.2, 0.25) is 5.02 Å². The third-order valence-corrected chi connectivity index (χ3v) is 3.41. The van der Waals surface area contributed by atoms with Crippen LogP contribution in [0.5, 0.6) is 11.5 Å². The van der Waals surface area contributed by atoms with Crippen LogP contribution in [0, 0.1) is 5.82 Å². The Balaban J connectivity index is 2.13. The van der Waals surface area contributed by atoms with Gasteiger partial charge >= 0.3 is 6.03 Å². The van der Waals surface area contributed by atoms with Crippen LogP contribution in [-0.2, 0) is 6.61 Å². The molecule has 6 nitrogen and oxygen atoms in total. The first-order chi connectivity index (χ1) is 12.0. The standard InChI is InChI=1S/C17H17ClFN3O3/c1-2-24-16-7-11(9-21-22-17(20)23)3-6-15(16)25-10-12-4-5-13(19)8-14(12)18/h3-9H,2,10H2,1H3,(H3,20,22,23). The van der Waals surface area contributed by atoms with Crippen molar-refractivity contribution in [3.8, 4) is 11.5 Å². The van der Waals surface area contributed by atoms with Gasteiger partial charge in [0.15, 0.2) is 11.5 Å². The molecule has 0 aliphatic rings. The van der Waals surface area contributed by atoms with Gasteiger partial charge < -0.3 is 15.2 Å². The van der Waals surface area contributed by atoms with Gasteiger partial charge in [0.2, 0.25) is 0 Å². The molecule has 0 bridgehead atoms. The summed E-state index contributed by atoms with van der Waals surface area (Å²) in [5.74, 6) is 0.600. The van der Waals surface area contributed by atoms with Crippen LogP contribution >= 0.6 is 11.6 Å². The molecule has 0 spiro atoms. The Kier molecular flexibility index (Phi) is 6.59. The van der Waals surface area contributed by atoms with Gasteiger partial charge in [0.25, 0.3) is 0 Å². The predicted molar refractivity (Wildman–Crippen MR) is 93.7 cm³/mol. The maximum atomic E-state index is 13.1. The van der Waals surface area contributed by atoms with Gasteiger partial charge in [-0.2, -0.15) is 5.10 Å². The van der Waals surface area contributed by atoms with Crippen LogP contribution in [0.4, 0.5) is 9.18 Å². The second kappa shape index (κ2) is 8.89. The smallest absolute Gasteiger partial charge is 0.332 e. The molecule has 2 rings (SSSR count). The van der Waals surface area contributed by atoms with E-state index in [0.717, 1.165) is 0 Å². The van der Waals surface area contributed by atoms with E-state index in [1.165, 1.54) is 18.3 Å². The molecule has 0 radical (unpaired) electrons. The van der Waals surface area contributed by atoms with Crippen molar-refractivity contribution in [2.45, 2.75) is 13.5 Å². The highest BCUT2D eigenvalue weighted by Crippen LogP contribution is 2.29. The lowest BCUT2D eigenvalue weighted by Crippen LogP contribution is -2.24. The number of carbonyl (C=O) groups excluding carboxylic acids is 1. The van der Waals surface area contributed by atoms with E-state index in [1.807, 2.05) is 6.92 Å². The molecule has 3 N–H and O–H groups in total. The fourth-order valence-corrected chi connectivity index (χ4v) is 2.18. The van der Waals surface area contributed by atoms with Crippen molar-refractivity contribution in [1.82, 2.24) is 5.43 Å². The Morgan fingerprint density at radius 1 is 1.28 bits per heavy atom. The van der Waals surface area contributed by atoms with Crippen LogP contribution in [-0.4, -0.2) is 18.9 Å². The van der Waals surface area contributed by atoms with Crippen molar-refractivity contribution >= 4 is 23.8 Å². The van der Waals surface area contributed by atoms with Gasteiger partial charge in [-0.05, 0) is 42.8 Å². The summed E-state index contributed by atoms with van der Waals surface area (Å²) < 4.78 is 24.4. The average molecular weight is 366 g/mol. The van der Waals surface area contributed by atoms with Crippen molar-refractivity contribution in [3.05, 3.63) is 58.4 Å². The molecule has 132 valence electrons. The number of nitrogens with two attached hydrogens (primary N) is 1. The Bertz CT molecular complexity index is 784. The van der Waals surface area contributed by atoms with Gasteiger partial charge in [0.1, 0.15) is 12.4 Å². The topological polar surface area (TPSA) is 85.9 Å². The van der Waals surface area contributed by atoms with Crippen molar-refractivity contribution in [2.75, 3.05) is 6.61 Å². The minimum Gasteiger partial charge on any atom is -0.490 e. The molecular weight excluding hydrogens is 349 g/mol. The summed E-state index contributed by atoms with van der Waals surface area (Å²) in [6.07, 6.45) is 1.42. The minimum absolute atomic E-state index is 0.163. The van der Waals surface area contributed by atoms with Crippen molar-refractivity contribution < 1.29 is 18.7 Å². The number of nitrogens with zero attached hydrogens (tertiary/aromatic N) is 1. The molecule has 0 unspecified atom stereocenters. The number of benzene rings is 2. The fraction of sp³-hybridized carbons (Fsp3) is 0.176. The zero-order chi connectivity index (χ0) is 18.2. The molecule has 25 heavy (non-hydrogen) atoms. The molecule has 0 saturated carbocycles. The van der Waals surface area contributed by atoms with Gasteiger partial charge in [-0.3, -0.25) is 0 Å². The summed E-state index contributed by atoms with van der Waals surface area (Å²) in [5.41, 5.74) is 8.38. The zero-order valence-electron chi connectivity index (χ0n) is 13.5. The number of nitrogens with one attached hydrogen (secondary N) is 1. The van der Waals surface area contributed by atoms with Gasteiger partial charge in [-0.25, -0.2) is 14.6 Å². The van der Waals surface area contributed by atoms with E-state index in [4.69, 9.17) is 26.8 Å². The van der Waals surface area contributed by atoms with E-state index in [9.17, 15) is 9.18 Å². The summed E-state index contributed by atoms with van der Waals surface area (Å²) in [6, 6.07) is 8.50. The number of hydrogen-bond donors (Lipinski definition) is 2. The van der Waals surface area contributed by atoms with Gasteiger partial charge in [0, 0.05) is 5.56 Å². The lowest BCUT2D eigenvalue weighted by atomic mass is 10.2. The number of primary amides is 1. The average Bonchev–Trinajstić information content (AvgIpc) is 2.55. The molecule has 0 aromatic heterocycles. The molecule has 0 fully saturated rings. The number of rotatable bonds is 7. The van der Waals surface area contributed by atoms with Crippen LogP contribution in [0.3, 0.4) is 0 Å². The number of carbonyl (C=O) groups is 1. The summed E-state index contributed by atoms with van der Waals surface area (Å²) in [7, 11) is 0. The van der Waals surface area contributed by atoms with Gasteiger partial charge in [-0.15, -0.1) is 0 Å². The highest BCUT2D eigenvalue weighted by Gasteiger charge is 2.08. The Morgan fingerprint density at radius 3 is 2.76 bits per heavy atom. The molecule has 0 heterocycles. The predicted octanol–water partition coefficient (Wildman–Crippen LogP) is 3.46. The van der Waals surface area contributed by atoms with E-state index in [0.29, 0.717) is 34.3 Å². The normalized spacial score (nSPS) is 10.7. The Morgan fingerprint density at radius 2 is 2.08 bits per heavy atom. The third kappa shape index (κ3) is 5.65. The molecule has 2 aromatic rings. The Labute approximate surface area is 149 Å². The molecule has 0 aliphatic heterocycles. The number of hydrogen-bond acceptors (Lipinski definition) is 4. The minimum atomic E-state index is -0.752. The molecule has 0 aliphatic carbocycles. The van der Waals surface area contributed by atoms with E-state index in [1.54, 1.807) is 24.3 Å². The zero-order valence-corrected chi connectivity index (χ0v) is 14.2. The lowest BCUT2D eigenvalue weighted by Gasteiger charge is -2.13. The van der Waals surface area contributed by atoms with Crippen LogP contribution in [0.15, 0.2) is 41.5 Å². The largest absolute Gasteiger partial charge is 0.490 e. The van der Waals surface area contributed by atoms with E-state index in [-0.39, 0.29) is 6.61 Å². The second-order valence-corrected chi connectivity index (χ2v) is 5.31. The highest BCUT2D eigenvalue weighted by atomic mass is 35.5. The maximum Gasteiger partial charge on any atom is 0.332 e. The third-order valence-electron chi connectivity index (χ3n) is 3.05. The highest BCUT2D eigenvalue weighted by molar-refractivity contribution is 6.31. The monoisotopic (exact) mass is 365 g/mol. The SMILES string of the molecule is CCOc1cc(C=NNC(N)=O)ccc1OCc1ccc(F)cc1Cl. The number of halogens is 2. The fourth-order valence-electron chi connectivity index (χ4n) is 1.96. The molecule has 2 amide bonds. The molecule has 2 aromatic carbocycles. The number of urea groups is 1. The lowest BCUT2D eigenvalue weighted by molar-refractivity contribution is 0.249. The van der Waals surface area contributed by atoms with Gasteiger partial charge in [-0.1, -0.05) is 17.7 Å². The van der Waals surface area contributed by atoms with E-state index in [2.05, 4.69) is 10.5 Å². The van der Waals surface area contributed by atoms with Crippen molar-refractivity contribution in [1.29, 1.82) is 0 Å². The Hall–Kier alpha value is -2.80. The number of amides is 2. The molecule has 8 heteroatoms. The first-order valence-electron chi connectivity index (χ1n) is 7.41. The molecule has 0 saturated heterocycles. The van der Waals surface area contributed by atoms with Crippen LogP contribution in [0.1, 0.15) is 18.1 Å². The quantitative estimate of drug-likeness (QED) is 0.582. The van der Waals surface area contributed by atoms with Crippen LogP contribution < -0.4 is 20.6 Å². The van der Waals surface area contributed by atoms with Crippen molar-refractivity contribution in [2.24, 2.45) is 10.8 Å².